The molecule has 0 unspecified atom stereocenters. The summed E-state index contributed by atoms with van der Waals surface area (Å²) in [6, 6.07) is 10.5. The first-order chi connectivity index (χ1) is 12.5. The van der Waals surface area contributed by atoms with Crippen LogP contribution < -0.4 is 5.32 Å². The molecule has 0 fully saturated rings. The normalized spacial score (nSPS) is 16.2. The number of hydrogen-bond donors (Lipinski definition) is 1. The summed E-state index contributed by atoms with van der Waals surface area (Å²) in [5, 5.41) is 4.77. The molecule has 0 spiro atoms. The number of thiophene rings is 1. The van der Waals surface area contributed by atoms with E-state index < -0.39 is 10.0 Å². The second kappa shape index (κ2) is 7.57. The van der Waals surface area contributed by atoms with Gasteiger partial charge in [0.1, 0.15) is 0 Å². The molecule has 3 rings (SSSR count). The van der Waals surface area contributed by atoms with Gasteiger partial charge in [-0.1, -0.05) is 32.0 Å². The maximum Gasteiger partial charge on any atom is 0.255 e. The van der Waals surface area contributed by atoms with Crippen molar-refractivity contribution >= 4 is 39.0 Å². The van der Waals surface area contributed by atoms with Gasteiger partial charge in [0, 0.05) is 29.2 Å². The SMILES string of the molecule is CCN(CC)S(=O)(=O)c1cccc(C2=CC(=Cc3cccs3)C(=O)N2)c1. The molecule has 7 heteroatoms. The van der Waals surface area contributed by atoms with Crippen molar-refractivity contribution in [2.45, 2.75) is 18.7 Å². The van der Waals surface area contributed by atoms with E-state index in [1.807, 2.05) is 37.4 Å². The van der Waals surface area contributed by atoms with Gasteiger partial charge in [-0.25, -0.2) is 8.42 Å². The lowest BCUT2D eigenvalue weighted by atomic mass is 10.1. The third kappa shape index (κ3) is 3.65. The van der Waals surface area contributed by atoms with E-state index in [0.717, 1.165) is 4.88 Å². The van der Waals surface area contributed by atoms with E-state index in [1.165, 1.54) is 4.31 Å². The topological polar surface area (TPSA) is 66.5 Å². The van der Waals surface area contributed by atoms with Gasteiger partial charge in [0.05, 0.1) is 4.90 Å². The molecule has 2 aromatic rings. The Hall–Kier alpha value is -2.22. The molecule has 1 aromatic carbocycles. The van der Waals surface area contributed by atoms with Crippen LogP contribution in [0.1, 0.15) is 24.3 Å². The number of benzene rings is 1. The molecular weight excluding hydrogens is 368 g/mol. The largest absolute Gasteiger partial charge is 0.321 e. The second-order valence-electron chi connectivity index (χ2n) is 5.74. The van der Waals surface area contributed by atoms with Crippen molar-refractivity contribution in [2.75, 3.05) is 13.1 Å². The van der Waals surface area contributed by atoms with Crippen molar-refractivity contribution in [1.82, 2.24) is 9.62 Å². The molecule has 1 N–H and O–H groups in total. The van der Waals surface area contributed by atoms with Crippen LogP contribution in [-0.2, 0) is 14.8 Å². The highest BCUT2D eigenvalue weighted by atomic mass is 32.2. The molecule has 0 atom stereocenters. The lowest BCUT2D eigenvalue weighted by molar-refractivity contribution is -0.115. The number of sulfonamides is 1. The quantitative estimate of drug-likeness (QED) is 0.772. The number of carbonyl (C=O) groups excluding carboxylic acids is 1. The average molecular weight is 389 g/mol. The molecule has 0 saturated heterocycles. The molecule has 0 radical (unpaired) electrons. The minimum atomic E-state index is -3.54. The fourth-order valence-electron chi connectivity index (χ4n) is 2.78. The van der Waals surface area contributed by atoms with Gasteiger partial charge in [0.25, 0.3) is 5.91 Å². The summed E-state index contributed by atoms with van der Waals surface area (Å²) < 4.78 is 26.8. The Bertz CT molecular complexity index is 970. The first kappa shape index (κ1) is 18.6. The van der Waals surface area contributed by atoms with E-state index >= 15 is 0 Å². The zero-order valence-corrected chi connectivity index (χ0v) is 16.2. The summed E-state index contributed by atoms with van der Waals surface area (Å²) in [4.78, 5) is 13.4. The molecular formula is C19H20N2O3S2. The number of amides is 1. The Labute approximate surface area is 157 Å². The second-order valence-corrected chi connectivity index (χ2v) is 8.66. The Morgan fingerprint density at radius 1 is 1.15 bits per heavy atom. The number of nitrogens with one attached hydrogen (secondary N) is 1. The maximum absolute atomic E-state index is 12.7. The van der Waals surface area contributed by atoms with E-state index in [4.69, 9.17) is 0 Å². The van der Waals surface area contributed by atoms with E-state index in [0.29, 0.717) is 29.9 Å². The molecule has 0 aliphatic carbocycles. The number of hydrogen-bond acceptors (Lipinski definition) is 4. The van der Waals surface area contributed by atoms with E-state index in [-0.39, 0.29) is 10.8 Å². The summed E-state index contributed by atoms with van der Waals surface area (Å²) in [6.07, 6.45) is 3.58. The van der Waals surface area contributed by atoms with Crippen LogP contribution in [0.4, 0.5) is 0 Å². The maximum atomic E-state index is 12.7. The Morgan fingerprint density at radius 3 is 2.58 bits per heavy atom. The van der Waals surface area contributed by atoms with Crippen LogP contribution in [0.2, 0.25) is 0 Å². The molecule has 1 aromatic heterocycles. The third-order valence-corrected chi connectivity index (χ3v) is 7.00. The minimum Gasteiger partial charge on any atom is -0.321 e. The minimum absolute atomic E-state index is 0.189. The van der Waals surface area contributed by atoms with Crippen molar-refractivity contribution in [3.05, 3.63) is 63.9 Å². The highest BCUT2D eigenvalue weighted by Gasteiger charge is 2.24. The van der Waals surface area contributed by atoms with Crippen LogP contribution in [0, 0.1) is 0 Å². The first-order valence-electron chi connectivity index (χ1n) is 8.34. The fourth-order valence-corrected chi connectivity index (χ4v) is 4.95. The van der Waals surface area contributed by atoms with Crippen LogP contribution in [0.5, 0.6) is 0 Å². The van der Waals surface area contributed by atoms with Crippen LogP contribution in [0.3, 0.4) is 0 Å². The smallest absolute Gasteiger partial charge is 0.255 e. The lowest BCUT2D eigenvalue weighted by Crippen LogP contribution is -2.30. The standard InChI is InChI=1S/C19H20N2O3S2/c1-3-21(4-2)26(23,24)17-9-5-7-14(12-17)18-13-15(19(22)20-18)11-16-8-6-10-25-16/h5-13H,3-4H2,1-2H3,(H,20,22). The van der Waals surface area contributed by atoms with Gasteiger partial charge >= 0.3 is 0 Å². The van der Waals surface area contributed by atoms with Gasteiger partial charge in [-0.2, -0.15) is 4.31 Å². The summed E-state index contributed by atoms with van der Waals surface area (Å²) in [6.45, 7) is 4.45. The average Bonchev–Trinajstić information content (AvgIpc) is 3.27. The lowest BCUT2D eigenvalue weighted by Gasteiger charge is -2.18. The highest BCUT2D eigenvalue weighted by molar-refractivity contribution is 7.89. The van der Waals surface area contributed by atoms with E-state index in [2.05, 4.69) is 5.32 Å². The van der Waals surface area contributed by atoms with Gasteiger partial charge in [-0.15, -0.1) is 11.3 Å². The van der Waals surface area contributed by atoms with Gasteiger partial charge in [-0.05, 0) is 41.3 Å². The van der Waals surface area contributed by atoms with Crippen LogP contribution in [-0.4, -0.2) is 31.7 Å². The van der Waals surface area contributed by atoms with Crippen molar-refractivity contribution in [3.63, 3.8) is 0 Å². The van der Waals surface area contributed by atoms with Crippen LogP contribution in [0.25, 0.3) is 11.8 Å². The van der Waals surface area contributed by atoms with Gasteiger partial charge in [0.2, 0.25) is 10.0 Å². The number of rotatable bonds is 6. The zero-order chi connectivity index (χ0) is 18.7. The van der Waals surface area contributed by atoms with Crippen LogP contribution >= 0.6 is 11.3 Å². The van der Waals surface area contributed by atoms with E-state index in [9.17, 15) is 13.2 Å². The fraction of sp³-hybridized carbons (Fsp3) is 0.211. The van der Waals surface area contributed by atoms with Crippen molar-refractivity contribution < 1.29 is 13.2 Å². The molecule has 136 valence electrons. The molecule has 1 aliphatic rings. The summed E-state index contributed by atoms with van der Waals surface area (Å²) in [7, 11) is -3.54. The third-order valence-electron chi connectivity index (χ3n) is 4.14. The predicted molar refractivity (Wildman–Crippen MR) is 105 cm³/mol. The molecule has 1 amide bonds. The first-order valence-corrected chi connectivity index (χ1v) is 10.7. The molecule has 2 heterocycles. The monoisotopic (exact) mass is 388 g/mol. The highest BCUT2D eigenvalue weighted by Crippen LogP contribution is 2.26. The van der Waals surface area contributed by atoms with Crippen LogP contribution in [0.15, 0.2) is 58.3 Å². The van der Waals surface area contributed by atoms with Gasteiger partial charge < -0.3 is 5.32 Å². The zero-order valence-electron chi connectivity index (χ0n) is 14.6. The predicted octanol–water partition coefficient (Wildman–Crippen LogP) is 3.33. The molecule has 0 bridgehead atoms. The Morgan fingerprint density at radius 2 is 1.92 bits per heavy atom. The summed E-state index contributed by atoms with van der Waals surface area (Å²) in [5.74, 6) is -0.189. The van der Waals surface area contributed by atoms with Gasteiger partial charge in [0.15, 0.2) is 0 Å². The molecule has 5 nitrogen and oxygen atoms in total. The van der Waals surface area contributed by atoms with Crippen molar-refractivity contribution in [2.24, 2.45) is 0 Å². The Kier molecular flexibility index (Phi) is 5.41. The van der Waals surface area contributed by atoms with Crippen molar-refractivity contribution in [3.8, 4) is 0 Å². The number of carbonyl (C=O) groups is 1. The van der Waals surface area contributed by atoms with E-state index in [1.54, 1.807) is 41.7 Å². The van der Waals surface area contributed by atoms with Crippen molar-refractivity contribution in [1.29, 1.82) is 0 Å². The molecule has 26 heavy (non-hydrogen) atoms. The summed E-state index contributed by atoms with van der Waals surface area (Å²) in [5.41, 5.74) is 1.83. The van der Waals surface area contributed by atoms with Gasteiger partial charge in [-0.3, -0.25) is 4.79 Å². The number of nitrogens with zero attached hydrogens (tertiary/aromatic N) is 1. The molecule has 0 saturated carbocycles. The molecule has 1 aliphatic heterocycles. The Balaban J connectivity index is 1.95. The summed E-state index contributed by atoms with van der Waals surface area (Å²) >= 11 is 1.55.